The second kappa shape index (κ2) is 4.02. The smallest absolute Gasteiger partial charge is 0.374 e. The highest BCUT2D eigenvalue weighted by Crippen LogP contribution is 2.26. The normalized spacial score (nSPS) is 10.5. The molecule has 15 heavy (non-hydrogen) atoms. The van der Waals surface area contributed by atoms with Crippen LogP contribution in [-0.2, 0) is 4.74 Å². The van der Waals surface area contributed by atoms with Crippen molar-refractivity contribution in [3.8, 4) is 0 Å². The zero-order valence-corrected chi connectivity index (χ0v) is 9.58. The largest absolute Gasteiger partial charge is 0.460 e. The lowest BCUT2D eigenvalue weighted by atomic mass is 10.3. The molecule has 0 aliphatic rings. The maximum Gasteiger partial charge on any atom is 0.374 e. The molecular formula is C10H8BrNO3. The topological polar surface area (TPSA) is 52.3 Å². The Morgan fingerprint density at radius 2 is 2.40 bits per heavy atom. The number of halogens is 1. The molecule has 0 aliphatic heterocycles. The van der Waals surface area contributed by atoms with Crippen molar-refractivity contribution in [3.63, 3.8) is 0 Å². The van der Waals surface area contributed by atoms with E-state index in [1.165, 1.54) is 0 Å². The summed E-state index contributed by atoms with van der Waals surface area (Å²) in [7, 11) is 0. The van der Waals surface area contributed by atoms with Crippen LogP contribution in [0.3, 0.4) is 0 Å². The molecule has 4 nitrogen and oxygen atoms in total. The first-order chi connectivity index (χ1) is 7.22. The van der Waals surface area contributed by atoms with Crippen molar-refractivity contribution in [1.82, 2.24) is 4.98 Å². The third-order valence-corrected chi connectivity index (χ3v) is 2.42. The van der Waals surface area contributed by atoms with Gasteiger partial charge in [-0.25, -0.2) is 4.79 Å². The summed E-state index contributed by atoms with van der Waals surface area (Å²) >= 11 is 3.29. The molecule has 2 aromatic heterocycles. The van der Waals surface area contributed by atoms with Crippen LogP contribution >= 0.6 is 15.9 Å². The van der Waals surface area contributed by atoms with Gasteiger partial charge in [-0.3, -0.25) is 4.98 Å². The maximum absolute atomic E-state index is 11.4. The van der Waals surface area contributed by atoms with Gasteiger partial charge in [0.15, 0.2) is 5.58 Å². The molecule has 0 spiro atoms. The summed E-state index contributed by atoms with van der Waals surface area (Å²) in [5, 5.41) is 0.771. The first kappa shape index (κ1) is 10.2. The SMILES string of the molecule is CCOC(=O)c1cc2cncc(Br)c2o1. The standard InChI is InChI=1S/C10H8BrNO3/c1-2-14-10(13)8-3-6-4-12-5-7(11)9(6)15-8/h3-5H,2H2,1H3. The maximum atomic E-state index is 11.4. The Bertz CT molecular complexity index is 506. The molecule has 0 bridgehead atoms. The van der Waals surface area contributed by atoms with Gasteiger partial charge in [0, 0.05) is 23.8 Å². The van der Waals surface area contributed by atoms with Crippen LogP contribution in [0, 0.1) is 0 Å². The molecule has 0 radical (unpaired) electrons. The fourth-order valence-corrected chi connectivity index (χ4v) is 1.66. The number of esters is 1. The Morgan fingerprint density at radius 1 is 1.60 bits per heavy atom. The number of aromatic nitrogens is 1. The molecule has 2 heterocycles. The van der Waals surface area contributed by atoms with Crippen LogP contribution in [0.25, 0.3) is 11.0 Å². The first-order valence-electron chi connectivity index (χ1n) is 4.42. The van der Waals surface area contributed by atoms with Gasteiger partial charge in [-0.1, -0.05) is 0 Å². The average Bonchev–Trinajstić information content (AvgIpc) is 2.63. The Kier molecular flexibility index (Phi) is 2.73. The molecule has 0 atom stereocenters. The fraction of sp³-hybridized carbons (Fsp3) is 0.200. The molecule has 0 saturated heterocycles. The minimum atomic E-state index is -0.458. The van der Waals surface area contributed by atoms with E-state index in [1.807, 2.05) is 0 Å². The van der Waals surface area contributed by atoms with E-state index in [4.69, 9.17) is 9.15 Å². The summed E-state index contributed by atoms with van der Waals surface area (Å²) in [5.41, 5.74) is 0.605. The lowest BCUT2D eigenvalue weighted by molar-refractivity contribution is 0.0492. The first-order valence-corrected chi connectivity index (χ1v) is 5.22. The van der Waals surface area contributed by atoms with Crippen molar-refractivity contribution in [2.45, 2.75) is 6.92 Å². The molecule has 2 rings (SSSR count). The summed E-state index contributed by atoms with van der Waals surface area (Å²) in [6.45, 7) is 2.08. The van der Waals surface area contributed by atoms with Crippen molar-refractivity contribution in [2.75, 3.05) is 6.61 Å². The summed E-state index contributed by atoms with van der Waals surface area (Å²) in [4.78, 5) is 15.3. The van der Waals surface area contributed by atoms with E-state index in [1.54, 1.807) is 25.4 Å². The Balaban J connectivity index is 2.47. The van der Waals surface area contributed by atoms with Crippen molar-refractivity contribution in [1.29, 1.82) is 0 Å². The monoisotopic (exact) mass is 269 g/mol. The Hall–Kier alpha value is -1.36. The zero-order chi connectivity index (χ0) is 10.8. The molecule has 0 aliphatic carbocycles. The van der Waals surface area contributed by atoms with E-state index < -0.39 is 5.97 Å². The van der Waals surface area contributed by atoms with Gasteiger partial charge in [-0.05, 0) is 22.9 Å². The second-order valence-corrected chi connectivity index (χ2v) is 3.73. The van der Waals surface area contributed by atoms with Gasteiger partial charge in [0.05, 0.1) is 11.1 Å². The van der Waals surface area contributed by atoms with Gasteiger partial charge in [0.2, 0.25) is 5.76 Å². The number of rotatable bonds is 2. The number of nitrogens with zero attached hydrogens (tertiary/aromatic N) is 1. The van der Waals surface area contributed by atoms with E-state index in [2.05, 4.69) is 20.9 Å². The lowest BCUT2D eigenvalue weighted by Crippen LogP contribution is -2.02. The average molecular weight is 270 g/mol. The molecule has 2 aromatic rings. The summed E-state index contributed by atoms with van der Waals surface area (Å²) < 4.78 is 10.9. The molecule has 0 N–H and O–H groups in total. The van der Waals surface area contributed by atoms with Crippen LogP contribution in [0.1, 0.15) is 17.5 Å². The Morgan fingerprint density at radius 3 is 3.07 bits per heavy atom. The van der Waals surface area contributed by atoms with Gasteiger partial charge in [-0.2, -0.15) is 0 Å². The molecule has 0 aromatic carbocycles. The number of hydrogen-bond acceptors (Lipinski definition) is 4. The summed E-state index contributed by atoms with van der Waals surface area (Å²) in [5.74, 6) is -0.263. The van der Waals surface area contributed by atoms with E-state index in [9.17, 15) is 4.79 Å². The van der Waals surface area contributed by atoms with Gasteiger partial charge in [0.1, 0.15) is 0 Å². The number of furan rings is 1. The fourth-order valence-electron chi connectivity index (χ4n) is 1.23. The van der Waals surface area contributed by atoms with E-state index in [0.29, 0.717) is 12.2 Å². The minimum Gasteiger partial charge on any atom is -0.460 e. The van der Waals surface area contributed by atoms with Crippen molar-refractivity contribution < 1.29 is 13.9 Å². The molecule has 0 saturated carbocycles. The predicted octanol–water partition coefficient (Wildman–Crippen LogP) is 2.77. The molecule has 0 unspecified atom stereocenters. The molecule has 0 fully saturated rings. The number of carbonyl (C=O) groups is 1. The highest BCUT2D eigenvalue weighted by atomic mass is 79.9. The van der Waals surface area contributed by atoms with Crippen molar-refractivity contribution in [3.05, 3.63) is 28.7 Å². The van der Waals surface area contributed by atoms with Crippen LogP contribution in [0.15, 0.2) is 27.3 Å². The van der Waals surface area contributed by atoms with Crippen LogP contribution in [0.2, 0.25) is 0 Å². The van der Waals surface area contributed by atoms with Crippen LogP contribution < -0.4 is 0 Å². The highest BCUT2D eigenvalue weighted by molar-refractivity contribution is 9.10. The Labute approximate surface area is 94.4 Å². The lowest BCUT2D eigenvalue weighted by Gasteiger charge is -1.95. The van der Waals surface area contributed by atoms with Crippen molar-refractivity contribution >= 4 is 32.9 Å². The molecule has 5 heteroatoms. The number of fused-ring (bicyclic) bond motifs is 1. The number of ether oxygens (including phenoxy) is 1. The van der Waals surface area contributed by atoms with Crippen molar-refractivity contribution in [2.24, 2.45) is 0 Å². The summed E-state index contributed by atoms with van der Waals surface area (Å²) in [6.07, 6.45) is 3.24. The number of carbonyl (C=O) groups excluding carboxylic acids is 1. The van der Waals surface area contributed by atoms with Gasteiger partial charge < -0.3 is 9.15 Å². The van der Waals surface area contributed by atoms with E-state index >= 15 is 0 Å². The highest BCUT2D eigenvalue weighted by Gasteiger charge is 2.14. The zero-order valence-electron chi connectivity index (χ0n) is 7.99. The van der Waals surface area contributed by atoms with Gasteiger partial charge in [-0.15, -0.1) is 0 Å². The minimum absolute atomic E-state index is 0.195. The number of hydrogen-bond donors (Lipinski definition) is 0. The van der Waals surface area contributed by atoms with Crippen LogP contribution in [0.4, 0.5) is 0 Å². The third-order valence-electron chi connectivity index (χ3n) is 1.86. The van der Waals surface area contributed by atoms with Gasteiger partial charge in [0.25, 0.3) is 0 Å². The number of pyridine rings is 1. The van der Waals surface area contributed by atoms with Crippen LogP contribution in [-0.4, -0.2) is 17.6 Å². The molecule has 78 valence electrons. The predicted molar refractivity (Wildman–Crippen MR) is 57.7 cm³/mol. The quantitative estimate of drug-likeness (QED) is 0.787. The third kappa shape index (κ3) is 1.87. The van der Waals surface area contributed by atoms with Gasteiger partial charge >= 0.3 is 5.97 Å². The molecule has 0 amide bonds. The summed E-state index contributed by atoms with van der Waals surface area (Å²) in [6, 6.07) is 1.62. The second-order valence-electron chi connectivity index (χ2n) is 2.87. The van der Waals surface area contributed by atoms with E-state index in [-0.39, 0.29) is 5.76 Å². The van der Waals surface area contributed by atoms with Crippen LogP contribution in [0.5, 0.6) is 0 Å². The van der Waals surface area contributed by atoms with E-state index in [0.717, 1.165) is 9.86 Å². The molecular weight excluding hydrogens is 262 g/mol.